The first-order valence-electron chi connectivity index (χ1n) is 7.31. The summed E-state index contributed by atoms with van der Waals surface area (Å²) >= 11 is 0. The average Bonchev–Trinajstić information content (AvgIpc) is 2.72. The molecule has 2 rings (SSSR count). The Bertz CT molecular complexity index is 730. The summed E-state index contributed by atoms with van der Waals surface area (Å²) in [6.45, 7) is 7.02. The van der Waals surface area contributed by atoms with Crippen molar-refractivity contribution in [3.63, 3.8) is 0 Å². The third-order valence-corrected chi connectivity index (χ3v) is 3.20. The second-order valence-corrected chi connectivity index (χ2v) is 6.30. The number of alkyl carbamates (subject to hydrolysis) is 1. The van der Waals surface area contributed by atoms with Gasteiger partial charge in [0.1, 0.15) is 17.5 Å². The molecule has 1 unspecified atom stereocenters. The molecule has 0 saturated heterocycles. The van der Waals surface area contributed by atoms with Crippen LogP contribution in [0, 0.1) is 6.92 Å². The lowest BCUT2D eigenvalue weighted by Crippen LogP contribution is -2.45. The monoisotopic (exact) mass is 319 g/mol. The van der Waals surface area contributed by atoms with Crippen LogP contribution in [0.2, 0.25) is 0 Å². The Hall–Kier alpha value is -2.57. The van der Waals surface area contributed by atoms with Crippen LogP contribution in [0.5, 0.6) is 0 Å². The van der Waals surface area contributed by atoms with Gasteiger partial charge in [-0.1, -0.05) is 12.1 Å². The zero-order chi connectivity index (χ0) is 17.2. The lowest BCUT2D eigenvalue weighted by Gasteiger charge is -2.22. The topological polar surface area (TPSA) is 93.5 Å². The average molecular weight is 319 g/mol. The number of benzene rings is 1. The van der Waals surface area contributed by atoms with Crippen LogP contribution in [0.1, 0.15) is 26.6 Å². The van der Waals surface area contributed by atoms with Gasteiger partial charge >= 0.3 is 12.1 Å². The van der Waals surface area contributed by atoms with E-state index in [0.717, 1.165) is 11.0 Å². The molecule has 1 heterocycles. The summed E-state index contributed by atoms with van der Waals surface area (Å²) in [6.07, 6.45) is -0.757. The fourth-order valence-corrected chi connectivity index (χ4v) is 2.24. The van der Waals surface area contributed by atoms with Gasteiger partial charge in [-0.2, -0.15) is 0 Å². The molecule has 1 aromatic carbocycles. The maximum atomic E-state index is 11.8. The number of aryl methyl sites for hydroxylation is 1. The van der Waals surface area contributed by atoms with Crippen LogP contribution in [0.3, 0.4) is 0 Å². The molecule has 1 aromatic heterocycles. The van der Waals surface area contributed by atoms with Gasteiger partial charge in [-0.05, 0) is 39.8 Å². The number of carbonyl (C=O) groups is 2. The number of hydrogen-bond acceptors (Lipinski definition) is 4. The van der Waals surface area contributed by atoms with Gasteiger partial charge in [0.2, 0.25) is 0 Å². The minimum atomic E-state index is -1.13. The number of rotatable bonds is 4. The van der Waals surface area contributed by atoms with Crippen molar-refractivity contribution in [3.8, 4) is 0 Å². The van der Waals surface area contributed by atoms with Crippen LogP contribution in [0.25, 0.3) is 11.0 Å². The number of aromatic nitrogens is 2. The van der Waals surface area contributed by atoms with Crippen molar-refractivity contribution in [1.29, 1.82) is 0 Å². The summed E-state index contributed by atoms with van der Waals surface area (Å²) in [5.74, 6) is -0.448. The van der Waals surface area contributed by atoms with Gasteiger partial charge in [-0.25, -0.2) is 14.6 Å². The van der Waals surface area contributed by atoms with Crippen molar-refractivity contribution in [2.24, 2.45) is 0 Å². The smallest absolute Gasteiger partial charge is 0.408 e. The van der Waals surface area contributed by atoms with Crippen molar-refractivity contribution in [2.45, 2.75) is 45.9 Å². The lowest BCUT2D eigenvalue weighted by molar-refractivity contribution is -0.139. The third-order valence-electron chi connectivity index (χ3n) is 3.20. The summed E-state index contributed by atoms with van der Waals surface area (Å²) in [7, 11) is 0. The van der Waals surface area contributed by atoms with E-state index in [0.29, 0.717) is 5.82 Å². The fraction of sp³-hybridized carbons (Fsp3) is 0.438. The van der Waals surface area contributed by atoms with Gasteiger partial charge in [0.25, 0.3) is 0 Å². The SMILES string of the molecule is Cc1nc2ccccc2n1CC(NC(=O)OC(C)(C)C)C(=O)O. The summed E-state index contributed by atoms with van der Waals surface area (Å²) in [4.78, 5) is 27.7. The Morgan fingerprint density at radius 2 is 2.00 bits per heavy atom. The number of para-hydroxylation sites is 2. The van der Waals surface area contributed by atoms with Gasteiger partial charge in [0, 0.05) is 0 Å². The number of carbonyl (C=O) groups excluding carboxylic acids is 1. The van der Waals surface area contributed by atoms with Gasteiger partial charge in [0.15, 0.2) is 0 Å². The predicted molar refractivity (Wildman–Crippen MR) is 85.3 cm³/mol. The molecule has 0 bridgehead atoms. The van der Waals surface area contributed by atoms with Crippen molar-refractivity contribution in [2.75, 3.05) is 0 Å². The quantitative estimate of drug-likeness (QED) is 0.902. The van der Waals surface area contributed by atoms with E-state index in [9.17, 15) is 14.7 Å². The van der Waals surface area contributed by atoms with Crippen molar-refractivity contribution >= 4 is 23.1 Å². The van der Waals surface area contributed by atoms with E-state index < -0.39 is 23.7 Å². The summed E-state index contributed by atoms with van der Waals surface area (Å²) in [5.41, 5.74) is 0.916. The molecule has 0 spiro atoms. The standard InChI is InChI=1S/C16H21N3O4/c1-10-17-11-7-5-6-8-13(11)19(10)9-12(14(20)21)18-15(22)23-16(2,3)4/h5-8,12H,9H2,1-4H3,(H,18,22)(H,20,21). The van der Waals surface area contributed by atoms with E-state index >= 15 is 0 Å². The number of nitrogens with one attached hydrogen (secondary N) is 1. The predicted octanol–water partition coefficient (Wildman–Crippen LogP) is 2.32. The summed E-state index contributed by atoms with van der Waals surface area (Å²) in [6, 6.07) is 6.34. The number of ether oxygens (including phenoxy) is 1. The van der Waals surface area contributed by atoms with E-state index in [1.165, 1.54) is 0 Å². The number of carboxylic acid groups (broad SMARTS) is 1. The zero-order valence-electron chi connectivity index (χ0n) is 13.7. The van der Waals surface area contributed by atoms with Crippen LogP contribution in [-0.4, -0.2) is 38.4 Å². The zero-order valence-corrected chi connectivity index (χ0v) is 13.7. The Morgan fingerprint density at radius 3 is 2.61 bits per heavy atom. The number of carboxylic acids is 1. The van der Waals surface area contributed by atoms with Gasteiger partial charge in [-0.15, -0.1) is 0 Å². The molecule has 0 aliphatic carbocycles. The molecule has 2 N–H and O–H groups in total. The number of nitrogens with zero attached hydrogens (tertiary/aromatic N) is 2. The number of amides is 1. The fourth-order valence-electron chi connectivity index (χ4n) is 2.24. The van der Waals surface area contributed by atoms with Gasteiger partial charge < -0.3 is 19.7 Å². The van der Waals surface area contributed by atoms with Crippen LogP contribution < -0.4 is 5.32 Å². The number of fused-ring (bicyclic) bond motifs is 1. The minimum Gasteiger partial charge on any atom is -0.480 e. The summed E-state index contributed by atoms with van der Waals surface area (Å²) in [5, 5.41) is 11.8. The molecule has 2 aromatic rings. The first-order valence-corrected chi connectivity index (χ1v) is 7.31. The minimum absolute atomic E-state index is 0.0704. The molecule has 7 heteroatoms. The van der Waals surface area contributed by atoms with Crippen molar-refractivity contribution in [1.82, 2.24) is 14.9 Å². The van der Waals surface area contributed by atoms with E-state index in [-0.39, 0.29) is 6.54 Å². The molecule has 1 atom stereocenters. The van der Waals surface area contributed by atoms with E-state index in [4.69, 9.17) is 4.74 Å². The molecule has 7 nitrogen and oxygen atoms in total. The molecule has 0 saturated carbocycles. The molecule has 23 heavy (non-hydrogen) atoms. The highest BCUT2D eigenvalue weighted by atomic mass is 16.6. The Morgan fingerprint density at radius 1 is 1.35 bits per heavy atom. The lowest BCUT2D eigenvalue weighted by atomic mass is 10.2. The third kappa shape index (κ3) is 4.21. The Kier molecular flexibility index (Phi) is 4.58. The van der Waals surface area contributed by atoms with Crippen molar-refractivity contribution in [3.05, 3.63) is 30.1 Å². The van der Waals surface area contributed by atoms with Crippen LogP contribution in [-0.2, 0) is 16.1 Å². The first-order chi connectivity index (χ1) is 10.7. The molecule has 0 aliphatic heterocycles. The number of imidazole rings is 1. The molecule has 0 aliphatic rings. The molecular weight excluding hydrogens is 298 g/mol. The molecule has 1 amide bonds. The van der Waals surface area contributed by atoms with Crippen LogP contribution in [0.4, 0.5) is 4.79 Å². The Labute approximate surface area is 134 Å². The molecule has 0 fully saturated rings. The maximum Gasteiger partial charge on any atom is 0.408 e. The van der Waals surface area contributed by atoms with Crippen LogP contribution in [0.15, 0.2) is 24.3 Å². The Balaban J connectivity index is 2.20. The highest BCUT2D eigenvalue weighted by Gasteiger charge is 2.25. The van der Waals surface area contributed by atoms with Crippen LogP contribution >= 0.6 is 0 Å². The largest absolute Gasteiger partial charge is 0.480 e. The number of aliphatic carboxylic acids is 1. The van der Waals surface area contributed by atoms with Crippen molar-refractivity contribution < 1.29 is 19.4 Å². The maximum absolute atomic E-state index is 11.8. The van der Waals surface area contributed by atoms with E-state index in [1.807, 2.05) is 24.3 Å². The van der Waals surface area contributed by atoms with Gasteiger partial charge in [-0.3, -0.25) is 0 Å². The normalized spacial score (nSPS) is 12.9. The summed E-state index contributed by atoms with van der Waals surface area (Å²) < 4.78 is 6.89. The molecule has 0 radical (unpaired) electrons. The number of hydrogen-bond donors (Lipinski definition) is 2. The first kappa shape index (κ1) is 16.8. The second-order valence-electron chi connectivity index (χ2n) is 6.30. The van der Waals surface area contributed by atoms with Gasteiger partial charge in [0.05, 0.1) is 17.6 Å². The highest BCUT2D eigenvalue weighted by molar-refractivity contribution is 5.81. The highest BCUT2D eigenvalue weighted by Crippen LogP contribution is 2.16. The van der Waals surface area contributed by atoms with E-state index in [2.05, 4.69) is 10.3 Å². The molecular formula is C16H21N3O4. The second kappa shape index (κ2) is 6.28. The van der Waals surface area contributed by atoms with E-state index in [1.54, 1.807) is 32.3 Å². The molecule has 124 valence electrons.